The number of aromatic nitrogens is 4. The monoisotopic (exact) mass is 368 g/mol. The van der Waals surface area contributed by atoms with E-state index in [2.05, 4.69) is 9.97 Å². The molecule has 27 heavy (non-hydrogen) atoms. The Kier molecular flexibility index (Phi) is 4.06. The van der Waals surface area contributed by atoms with E-state index >= 15 is 0 Å². The number of piperazine rings is 1. The molecule has 0 bridgehead atoms. The van der Waals surface area contributed by atoms with Gasteiger partial charge in [-0.05, 0) is 12.1 Å². The van der Waals surface area contributed by atoms with Gasteiger partial charge in [-0.15, -0.1) is 0 Å². The number of carbonyl (C=O) groups excluding carboxylic acids is 1. The average molecular weight is 368 g/mol. The molecule has 0 radical (unpaired) electrons. The molecular weight excluding hydrogens is 348 g/mol. The Labute approximate surface area is 154 Å². The minimum Gasteiger partial charge on any atom is -0.339 e. The first-order valence-corrected chi connectivity index (χ1v) is 8.72. The summed E-state index contributed by atoms with van der Waals surface area (Å²) in [5.74, 6) is 0.547. The first-order valence-electron chi connectivity index (χ1n) is 8.72. The van der Waals surface area contributed by atoms with E-state index in [0.29, 0.717) is 48.9 Å². The van der Waals surface area contributed by atoms with Crippen LogP contribution in [0.15, 0.2) is 39.9 Å². The second-order valence-corrected chi connectivity index (χ2v) is 6.61. The third-order valence-corrected chi connectivity index (χ3v) is 4.97. The van der Waals surface area contributed by atoms with Crippen LogP contribution in [0, 0.1) is 0 Å². The highest BCUT2D eigenvalue weighted by molar-refractivity contribution is 5.94. The summed E-state index contributed by atoms with van der Waals surface area (Å²) in [5.41, 5.74) is 0.500. The Morgan fingerprint density at radius 3 is 2.33 bits per heavy atom. The topological polar surface area (TPSA) is 96.2 Å². The molecule has 140 valence electrons. The zero-order valence-corrected chi connectivity index (χ0v) is 15.2. The molecule has 0 spiro atoms. The van der Waals surface area contributed by atoms with Gasteiger partial charge in [0.2, 0.25) is 5.95 Å². The van der Waals surface area contributed by atoms with Gasteiger partial charge in [0, 0.05) is 45.8 Å². The number of hydrogen-bond donors (Lipinski definition) is 1. The lowest BCUT2D eigenvalue weighted by Gasteiger charge is -2.34. The van der Waals surface area contributed by atoms with Crippen molar-refractivity contribution in [1.82, 2.24) is 24.0 Å². The van der Waals surface area contributed by atoms with Crippen LogP contribution < -0.4 is 16.1 Å². The Bertz CT molecular complexity index is 1120. The normalized spacial score (nSPS) is 14.7. The number of amides is 1. The third kappa shape index (κ3) is 2.80. The maximum Gasteiger partial charge on any atom is 0.332 e. The molecule has 1 saturated heterocycles. The molecule has 1 fully saturated rings. The average Bonchev–Trinajstić information content (AvgIpc) is 3.16. The summed E-state index contributed by atoms with van der Waals surface area (Å²) in [6.07, 6.45) is 0. The molecular formula is C18H20N6O3. The van der Waals surface area contributed by atoms with Crippen molar-refractivity contribution in [3.63, 3.8) is 0 Å². The number of benzene rings is 1. The summed E-state index contributed by atoms with van der Waals surface area (Å²) in [7, 11) is 3.03. The van der Waals surface area contributed by atoms with Gasteiger partial charge in [0.15, 0.2) is 11.2 Å². The van der Waals surface area contributed by atoms with E-state index in [9.17, 15) is 14.4 Å². The Balaban J connectivity index is 1.56. The van der Waals surface area contributed by atoms with Crippen LogP contribution in [-0.2, 0) is 14.1 Å². The summed E-state index contributed by atoms with van der Waals surface area (Å²) in [5, 5.41) is 0. The SMILES string of the molecule is Cn1c(=O)c2[nH]c(N3CCN(C(=O)c4ccccc4)CC3)nc2n(C)c1=O. The first kappa shape index (κ1) is 17.1. The van der Waals surface area contributed by atoms with Crippen molar-refractivity contribution in [3.8, 4) is 0 Å². The van der Waals surface area contributed by atoms with Crippen molar-refractivity contribution in [2.45, 2.75) is 0 Å². The number of fused-ring (bicyclic) bond motifs is 1. The quantitative estimate of drug-likeness (QED) is 0.683. The van der Waals surface area contributed by atoms with Crippen molar-refractivity contribution in [1.29, 1.82) is 0 Å². The van der Waals surface area contributed by atoms with Crippen LogP contribution in [0.5, 0.6) is 0 Å². The van der Waals surface area contributed by atoms with Crippen LogP contribution in [0.25, 0.3) is 11.2 Å². The van der Waals surface area contributed by atoms with Crippen LogP contribution in [0.4, 0.5) is 5.95 Å². The summed E-state index contributed by atoms with van der Waals surface area (Å²) in [6, 6.07) is 9.20. The van der Waals surface area contributed by atoms with Gasteiger partial charge in [0.1, 0.15) is 0 Å². The van der Waals surface area contributed by atoms with Crippen LogP contribution in [0.3, 0.4) is 0 Å². The van der Waals surface area contributed by atoms with Crippen LogP contribution in [0.1, 0.15) is 10.4 Å². The van der Waals surface area contributed by atoms with Gasteiger partial charge in [-0.2, -0.15) is 4.98 Å². The van der Waals surface area contributed by atoms with E-state index in [0.717, 1.165) is 4.57 Å². The fourth-order valence-corrected chi connectivity index (χ4v) is 3.35. The van der Waals surface area contributed by atoms with Crippen LogP contribution >= 0.6 is 0 Å². The molecule has 2 aromatic heterocycles. The minimum atomic E-state index is -0.413. The van der Waals surface area contributed by atoms with Gasteiger partial charge in [0.25, 0.3) is 11.5 Å². The van der Waals surface area contributed by atoms with Gasteiger partial charge < -0.3 is 14.8 Å². The maximum absolute atomic E-state index is 12.5. The molecule has 1 aromatic carbocycles. The zero-order chi connectivity index (χ0) is 19.1. The van der Waals surface area contributed by atoms with E-state index in [4.69, 9.17) is 0 Å². The molecule has 3 aromatic rings. The number of hydrogen-bond acceptors (Lipinski definition) is 5. The molecule has 9 nitrogen and oxygen atoms in total. The number of nitrogens with one attached hydrogen (secondary N) is 1. The second-order valence-electron chi connectivity index (χ2n) is 6.61. The van der Waals surface area contributed by atoms with E-state index in [1.54, 1.807) is 7.05 Å². The van der Waals surface area contributed by atoms with Gasteiger partial charge >= 0.3 is 5.69 Å². The van der Waals surface area contributed by atoms with Gasteiger partial charge in [-0.1, -0.05) is 18.2 Å². The number of aryl methyl sites for hydroxylation is 1. The van der Waals surface area contributed by atoms with Crippen LogP contribution in [-0.4, -0.2) is 56.1 Å². The number of carbonyl (C=O) groups is 1. The number of rotatable bonds is 2. The lowest BCUT2D eigenvalue weighted by molar-refractivity contribution is 0.0746. The van der Waals surface area contributed by atoms with Gasteiger partial charge in [-0.25, -0.2) is 4.79 Å². The fourth-order valence-electron chi connectivity index (χ4n) is 3.35. The molecule has 1 amide bonds. The molecule has 4 rings (SSSR count). The van der Waals surface area contributed by atoms with Crippen molar-refractivity contribution < 1.29 is 4.79 Å². The summed E-state index contributed by atoms with van der Waals surface area (Å²) in [4.78, 5) is 48.2. The van der Waals surface area contributed by atoms with E-state index in [1.807, 2.05) is 40.1 Å². The predicted molar refractivity (Wildman–Crippen MR) is 101 cm³/mol. The third-order valence-electron chi connectivity index (χ3n) is 4.97. The molecule has 0 saturated carbocycles. The summed E-state index contributed by atoms with van der Waals surface area (Å²) < 4.78 is 2.41. The highest BCUT2D eigenvalue weighted by atomic mass is 16.2. The second kappa shape index (κ2) is 6.42. The van der Waals surface area contributed by atoms with E-state index < -0.39 is 11.2 Å². The Morgan fingerprint density at radius 1 is 1.00 bits per heavy atom. The highest BCUT2D eigenvalue weighted by Crippen LogP contribution is 2.16. The molecule has 0 aliphatic carbocycles. The minimum absolute atomic E-state index is 0.0103. The molecule has 0 atom stereocenters. The highest BCUT2D eigenvalue weighted by Gasteiger charge is 2.24. The molecule has 0 unspecified atom stereocenters. The molecule has 9 heteroatoms. The molecule has 3 heterocycles. The van der Waals surface area contributed by atoms with Crippen molar-refractivity contribution in [2.24, 2.45) is 14.1 Å². The van der Waals surface area contributed by atoms with E-state index in [-0.39, 0.29) is 5.91 Å². The lowest BCUT2D eigenvalue weighted by Crippen LogP contribution is -2.49. The number of aromatic amines is 1. The van der Waals surface area contributed by atoms with Crippen molar-refractivity contribution >= 4 is 23.0 Å². The number of H-pyrrole nitrogens is 1. The zero-order valence-electron chi connectivity index (χ0n) is 15.2. The largest absolute Gasteiger partial charge is 0.339 e. The van der Waals surface area contributed by atoms with Crippen molar-refractivity contribution in [3.05, 3.63) is 56.7 Å². The standard InChI is InChI=1S/C18H20N6O3/c1-21-14-13(16(26)22(2)18(21)27)19-17(20-14)24-10-8-23(9-11-24)15(25)12-6-4-3-5-7-12/h3-7H,8-11H2,1-2H3,(H,19,20). The Morgan fingerprint density at radius 2 is 1.67 bits per heavy atom. The number of anilines is 1. The molecule has 1 N–H and O–H groups in total. The summed E-state index contributed by atoms with van der Waals surface area (Å²) >= 11 is 0. The van der Waals surface area contributed by atoms with Gasteiger partial charge in [-0.3, -0.25) is 18.7 Å². The van der Waals surface area contributed by atoms with E-state index in [1.165, 1.54) is 11.6 Å². The Hall–Kier alpha value is -3.36. The smallest absolute Gasteiger partial charge is 0.332 e. The summed E-state index contributed by atoms with van der Waals surface area (Å²) in [6.45, 7) is 2.29. The first-order chi connectivity index (χ1) is 13.0. The fraction of sp³-hybridized carbons (Fsp3) is 0.333. The molecule has 1 aliphatic heterocycles. The van der Waals surface area contributed by atoms with Crippen LogP contribution in [0.2, 0.25) is 0 Å². The van der Waals surface area contributed by atoms with Crippen molar-refractivity contribution in [2.75, 3.05) is 31.1 Å². The number of imidazole rings is 1. The maximum atomic E-state index is 12.5. The predicted octanol–water partition coefficient (Wildman–Crippen LogP) is -0.0773. The molecule has 1 aliphatic rings. The van der Waals surface area contributed by atoms with Gasteiger partial charge in [0.05, 0.1) is 0 Å². The lowest BCUT2D eigenvalue weighted by atomic mass is 10.2. The number of nitrogens with zero attached hydrogens (tertiary/aromatic N) is 5.